The van der Waals surface area contributed by atoms with Crippen LogP contribution < -0.4 is 15.4 Å². The van der Waals surface area contributed by atoms with Crippen molar-refractivity contribution >= 4 is 50.8 Å². The summed E-state index contributed by atoms with van der Waals surface area (Å²) in [5.74, 6) is 7.34. The molecule has 41 heavy (non-hydrogen) atoms. The van der Waals surface area contributed by atoms with Crippen molar-refractivity contribution in [3.63, 3.8) is 0 Å². The molecule has 1 amide bonds. The molecular weight excluding hydrogens is 565 g/mol. The highest BCUT2D eigenvalue weighted by Gasteiger charge is 2.28. The highest BCUT2D eigenvalue weighted by atomic mass is 35.5. The molecule has 2 fully saturated rings. The predicted octanol–water partition coefficient (Wildman–Crippen LogP) is 6.12. The number of fused-ring (bicyclic) bond motifs is 1. The van der Waals surface area contributed by atoms with Gasteiger partial charge in [0.25, 0.3) is 0 Å². The van der Waals surface area contributed by atoms with Crippen molar-refractivity contribution < 1.29 is 18.7 Å². The molecule has 2 aromatic heterocycles. The smallest absolute Gasteiger partial charge is 0.410 e. The van der Waals surface area contributed by atoms with Gasteiger partial charge in [-0.1, -0.05) is 35.6 Å². The SMILES string of the molecule is O=C(O[C@H]1CN[C@@H](C#Cc2cc3ncnc(Nc4ccc(OCc5cccc(F)c5)c(Cl)c4)c3s2)C1)N1CCCC1. The van der Waals surface area contributed by atoms with Crippen molar-refractivity contribution in [3.05, 3.63) is 76.1 Å². The maximum atomic E-state index is 13.4. The van der Waals surface area contributed by atoms with Crippen molar-refractivity contribution in [2.75, 3.05) is 25.0 Å². The fraction of sp³-hybridized carbons (Fsp3) is 0.300. The number of carbonyl (C=O) groups excluding carboxylic acids is 1. The van der Waals surface area contributed by atoms with Crippen molar-refractivity contribution in [2.45, 2.75) is 38.0 Å². The number of hydrogen-bond donors (Lipinski definition) is 2. The van der Waals surface area contributed by atoms with Crippen molar-refractivity contribution in [2.24, 2.45) is 0 Å². The molecule has 0 unspecified atom stereocenters. The van der Waals surface area contributed by atoms with Gasteiger partial charge in [0.2, 0.25) is 0 Å². The lowest BCUT2D eigenvalue weighted by Crippen LogP contribution is -2.32. The first kappa shape index (κ1) is 27.3. The largest absolute Gasteiger partial charge is 0.487 e. The third-order valence-corrected chi connectivity index (χ3v) is 8.22. The van der Waals surface area contributed by atoms with E-state index in [0.717, 1.165) is 46.7 Å². The van der Waals surface area contributed by atoms with Crippen LogP contribution >= 0.6 is 22.9 Å². The molecule has 0 radical (unpaired) electrons. The minimum Gasteiger partial charge on any atom is -0.487 e. The van der Waals surface area contributed by atoms with E-state index in [1.807, 2.05) is 12.1 Å². The number of halogens is 2. The van der Waals surface area contributed by atoms with E-state index in [0.29, 0.717) is 35.1 Å². The van der Waals surface area contributed by atoms with Gasteiger partial charge in [0.05, 0.1) is 26.2 Å². The van der Waals surface area contributed by atoms with Crippen LogP contribution in [0.1, 0.15) is 29.7 Å². The van der Waals surface area contributed by atoms with Crippen LogP contribution in [0.15, 0.2) is 54.9 Å². The van der Waals surface area contributed by atoms with E-state index in [2.05, 4.69) is 32.4 Å². The van der Waals surface area contributed by atoms with Crippen LogP contribution in [0.3, 0.4) is 0 Å². The normalized spacial score (nSPS) is 18.2. The predicted molar refractivity (Wildman–Crippen MR) is 157 cm³/mol. The summed E-state index contributed by atoms with van der Waals surface area (Å²) in [6.45, 7) is 2.36. The van der Waals surface area contributed by atoms with E-state index in [1.165, 1.54) is 29.8 Å². The van der Waals surface area contributed by atoms with Crippen molar-refractivity contribution in [3.8, 4) is 17.6 Å². The van der Waals surface area contributed by atoms with E-state index in [-0.39, 0.29) is 30.7 Å². The van der Waals surface area contributed by atoms with Crippen LogP contribution in [-0.4, -0.2) is 52.7 Å². The quantitative estimate of drug-likeness (QED) is 0.261. The standard InChI is InChI=1S/C30H27ClFN5O3S/c31-25-14-22(7-9-27(25)39-17-19-4-3-5-20(32)12-19)36-29-28-26(34-18-35-29)15-24(41-28)8-6-21-13-23(16-33-21)40-30(38)37-10-1-2-11-37/h3-5,7,9,12,14-15,18,21,23,33H,1-2,10-11,13,16-17H2,(H,34,35,36)/t21-,23+/m0/s1. The average Bonchev–Trinajstić information content (AvgIpc) is 3.73. The van der Waals surface area contributed by atoms with Gasteiger partial charge in [-0.25, -0.2) is 19.2 Å². The summed E-state index contributed by atoms with van der Waals surface area (Å²) in [4.78, 5) is 23.7. The van der Waals surface area contributed by atoms with Gasteiger partial charge < -0.3 is 19.7 Å². The maximum Gasteiger partial charge on any atom is 0.410 e. The molecule has 2 N–H and O–H groups in total. The Morgan fingerprint density at radius 1 is 1.20 bits per heavy atom. The second kappa shape index (κ2) is 12.3. The molecule has 8 nitrogen and oxygen atoms in total. The zero-order chi connectivity index (χ0) is 28.2. The van der Waals surface area contributed by atoms with Crippen LogP contribution in [0.25, 0.3) is 10.2 Å². The Hall–Kier alpha value is -3.91. The minimum absolute atomic E-state index is 0.0518. The number of hydrogen-bond acceptors (Lipinski definition) is 8. The van der Waals surface area contributed by atoms with Gasteiger partial charge in [-0.2, -0.15) is 0 Å². The zero-order valence-electron chi connectivity index (χ0n) is 22.0. The summed E-state index contributed by atoms with van der Waals surface area (Å²) >= 11 is 7.97. The Labute approximate surface area is 245 Å². The van der Waals surface area contributed by atoms with E-state index in [1.54, 1.807) is 29.2 Å². The third kappa shape index (κ3) is 6.70. The molecule has 210 valence electrons. The molecule has 0 aliphatic carbocycles. The number of anilines is 2. The molecule has 11 heteroatoms. The Morgan fingerprint density at radius 3 is 2.90 bits per heavy atom. The zero-order valence-corrected chi connectivity index (χ0v) is 23.6. The summed E-state index contributed by atoms with van der Waals surface area (Å²) < 4.78 is 25.7. The minimum atomic E-state index is -0.310. The maximum absolute atomic E-state index is 13.4. The van der Waals surface area contributed by atoms with E-state index < -0.39 is 0 Å². The molecule has 6 rings (SSSR count). The van der Waals surface area contributed by atoms with Crippen LogP contribution in [0.4, 0.5) is 20.7 Å². The van der Waals surface area contributed by atoms with Crippen molar-refractivity contribution in [1.82, 2.24) is 20.2 Å². The van der Waals surface area contributed by atoms with E-state index >= 15 is 0 Å². The highest BCUT2D eigenvalue weighted by Crippen LogP contribution is 2.33. The van der Waals surface area contributed by atoms with Crippen molar-refractivity contribution in [1.29, 1.82) is 0 Å². The number of ether oxygens (including phenoxy) is 2. The molecule has 2 atom stereocenters. The molecule has 2 saturated heterocycles. The number of carbonyl (C=O) groups is 1. The molecule has 2 aliphatic rings. The number of likely N-dealkylation sites (tertiary alicyclic amines) is 1. The average molecular weight is 592 g/mol. The third-order valence-electron chi connectivity index (χ3n) is 6.88. The molecule has 0 spiro atoms. The molecule has 4 aromatic rings. The number of nitrogens with zero attached hydrogens (tertiary/aromatic N) is 3. The number of thiophene rings is 1. The number of nitrogens with one attached hydrogen (secondary N) is 2. The molecule has 0 bridgehead atoms. The van der Waals surface area contributed by atoms with Gasteiger partial charge in [0.1, 0.15) is 30.6 Å². The summed E-state index contributed by atoms with van der Waals surface area (Å²) in [7, 11) is 0. The van der Waals surface area contributed by atoms with Crippen LogP contribution in [0.2, 0.25) is 5.02 Å². The Morgan fingerprint density at radius 2 is 2.07 bits per heavy atom. The Balaban J connectivity index is 1.09. The Kier molecular flexibility index (Phi) is 8.19. The number of aromatic nitrogens is 2. The first-order valence-electron chi connectivity index (χ1n) is 13.4. The first-order chi connectivity index (χ1) is 20.0. The van der Waals surface area contributed by atoms with Crippen LogP contribution in [0.5, 0.6) is 5.75 Å². The van der Waals surface area contributed by atoms with Gasteiger partial charge in [-0.05, 0) is 54.8 Å². The van der Waals surface area contributed by atoms with Gasteiger partial charge >= 0.3 is 6.09 Å². The summed E-state index contributed by atoms with van der Waals surface area (Å²) in [5, 5.41) is 7.07. The summed E-state index contributed by atoms with van der Waals surface area (Å²) in [5.41, 5.74) is 2.24. The van der Waals surface area contributed by atoms with Crippen LogP contribution in [0, 0.1) is 17.7 Å². The number of amides is 1. The second-order valence-corrected chi connectivity index (χ2v) is 11.4. The van der Waals surface area contributed by atoms with Gasteiger partial charge in [-0.15, -0.1) is 11.3 Å². The van der Waals surface area contributed by atoms with Crippen LogP contribution in [-0.2, 0) is 11.3 Å². The monoisotopic (exact) mass is 591 g/mol. The molecular formula is C30H27ClFN5O3S. The second-order valence-electron chi connectivity index (χ2n) is 9.90. The fourth-order valence-corrected chi connectivity index (χ4v) is 5.96. The molecule has 2 aromatic carbocycles. The van der Waals surface area contributed by atoms with E-state index in [9.17, 15) is 9.18 Å². The van der Waals surface area contributed by atoms with Gasteiger partial charge in [-0.3, -0.25) is 5.32 Å². The molecule has 4 heterocycles. The van der Waals surface area contributed by atoms with Gasteiger partial charge in [0.15, 0.2) is 5.82 Å². The highest BCUT2D eigenvalue weighted by molar-refractivity contribution is 7.20. The lowest BCUT2D eigenvalue weighted by atomic mass is 10.2. The number of benzene rings is 2. The molecule has 0 saturated carbocycles. The Bertz CT molecular complexity index is 1630. The lowest BCUT2D eigenvalue weighted by molar-refractivity contribution is 0.0763. The van der Waals surface area contributed by atoms with E-state index in [4.69, 9.17) is 21.1 Å². The number of rotatable bonds is 6. The molecule has 2 aliphatic heterocycles. The lowest BCUT2D eigenvalue weighted by Gasteiger charge is -2.18. The summed E-state index contributed by atoms with van der Waals surface area (Å²) in [6, 6.07) is 13.5. The first-order valence-corrected chi connectivity index (χ1v) is 14.6. The summed E-state index contributed by atoms with van der Waals surface area (Å²) in [6.07, 6.45) is 3.85. The fourth-order valence-electron chi connectivity index (χ4n) is 4.80. The topological polar surface area (TPSA) is 88.6 Å². The van der Waals surface area contributed by atoms with Gasteiger partial charge in [0, 0.05) is 31.7 Å².